The van der Waals surface area contributed by atoms with E-state index in [1.54, 1.807) is 12.1 Å². The van der Waals surface area contributed by atoms with Crippen molar-refractivity contribution in [2.45, 2.75) is 6.10 Å². The quantitative estimate of drug-likeness (QED) is 0.572. The van der Waals surface area contributed by atoms with Gasteiger partial charge in [0.1, 0.15) is 11.8 Å². The molecular weight excluding hydrogens is 380 g/mol. The van der Waals surface area contributed by atoms with Gasteiger partial charge in [-0.05, 0) is 11.6 Å². The highest BCUT2D eigenvalue weighted by atomic mass is 79.9. The SMILES string of the molecule is Fc1nc(F)c(F)c(N2CCOC(c3ccccc3Br)C2)c1F. The Labute approximate surface area is 138 Å². The van der Waals surface area contributed by atoms with Crippen molar-refractivity contribution in [3.8, 4) is 0 Å². The third-order valence-electron chi connectivity index (χ3n) is 3.61. The predicted octanol–water partition coefficient (Wildman–Crippen LogP) is 3.98. The van der Waals surface area contributed by atoms with Crippen LogP contribution >= 0.6 is 15.9 Å². The first-order valence-corrected chi connectivity index (χ1v) is 7.59. The van der Waals surface area contributed by atoms with Crippen molar-refractivity contribution >= 4 is 21.6 Å². The van der Waals surface area contributed by atoms with E-state index in [-0.39, 0.29) is 19.7 Å². The zero-order chi connectivity index (χ0) is 16.6. The minimum atomic E-state index is -1.66. The smallest absolute Gasteiger partial charge is 0.253 e. The standard InChI is InChI=1S/C15H11BrF4N2O/c16-9-4-2-1-3-8(9)10-7-22(5-6-23-10)13-11(17)14(19)21-15(20)12(13)18/h1-4,10H,5-7H2. The van der Waals surface area contributed by atoms with Crippen molar-refractivity contribution < 1.29 is 22.3 Å². The minimum absolute atomic E-state index is 0.0549. The first-order valence-electron chi connectivity index (χ1n) is 6.80. The van der Waals surface area contributed by atoms with Gasteiger partial charge in [0, 0.05) is 17.6 Å². The van der Waals surface area contributed by atoms with E-state index >= 15 is 0 Å². The van der Waals surface area contributed by atoms with Crippen LogP contribution in [0, 0.1) is 23.5 Å². The first kappa shape index (κ1) is 16.2. The molecule has 23 heavy (non-hydrogen) atoms. The first-order chi connectivity index (χ1) is 11.0. The van der Waals surface area contributed by atoms with Gasteiger partial charge in [0.2, 0.25) is 11.6 Å². The van der Waals surface area contributed by atoms with Crippen molar-refractivity contribution in [3.63, 3.8) is 0 Å². The van der Waals surface area contributed by atoms with Crippen LogP contribution in [0.5, 0.6) is 0 Å². The van der Waals surface area contributed by atoms with Crippen molar-refractivity contribution in [1.82, 2.24) is 4.98 Å². The molecule has 1 fully saturated rings. The van der Waals surface area contributed by atoms with Crippen LogP contribution in [0.15, 0.2) is 28.7 Å². The molecule has 1 unspecified atom stereocenters. The molecule has 0 bridgehead atoms. The van der Waals surface area contributed by atoms with Gasteiger partial charge in [-0.3, -0.25) is 0 Å². The van der Waals surface area contributed by atoms with E-state index in [0.29, 0.717) is 0 Å². The van der Waals surface area contributed by atoms with Crippen molar-refractivity contribution in [2.24, 2.45) is 0 Å². The lowest BCUT2D eigenvalue weighted by molar-refractivity contribution is 0.0387. The van der Waals surface area contributed by atoms with Crippen LogP contribution in [-0.2, 0) is 4.74 Å². The average Bonchev–Trinajstić information content (AvgIpc) is 2.54. The summed E-state index contributed by atoms with van der Waals surface area (Å²) in [7, 11) is 0. The fourth-order valence-corrected chi connectivity index (χ4v) is 3.07. The summed E-state index contributed by atoms with van der Waals surface area (Å²) in [5.74, 6) is -6.33. The van der Waals surface area contributed by atoms with E-state index in [1.165, 1.54) is 4.90 Å². The maximum absolute atomic E-state index is 13.9. The van der Waals surface area contributed by atoms with E-state index in [4.69, 9.17) is 4.74 Å². The van der Waals surface area contributed by atoms with Gasteiger partial charge in [-0.15, -0.1) is 0 Å². The molecule has 1 aromatic carbocycles. The summed E-state index contributed by atoms with van der Waals surface area (Å²) in [5.41, 5.74) is 0.0309. The lowest BCUT2D eigenvalue weighted by atomic mass is 10.1. The summed E-state index contributed by atoms with van der Waals surface area (Å²) < 4.78 is 60.8. The second-order valence-electron chi connectivity index (χ2n) is 5.00. The summed E-state index contributed by atoms with van der Waals surface area (Å²) in [5, 5.41) is 0. The largest absolute Gasteiger partial charge is 0.370 e. The number of hydrogen-bond acceptors (Lipinski definition) is 3. The van der Waals surface area contributed by atoms with Gasteiger partial charge in [0.05, 0.1) is 6.61 Å². The number of anilines is 1. The molecular formula is C15H11BrF4N2O. The van der Waals surface area contributed by atoms with Crippen molar-refractivity contribution in [3.05, 3.63) is 57.8 Å². The monoisotopic (exact) mass is 390 g/mol. The number of aromatic nitrogens is 1. The molecule has 1 aliphatic heterocycles. The third kappa shape index (κ3) is 3.05. The molecule has 2 heterocycles. The number of benzene rings is 1. The van der Waals surface area contributed by atoms with E-state index in [9.17, 15) is 17.6 Å². The van der Waals surface area contributed by atoms with E-state index in [2.05, 4.69) is 20.9 Å². The minimum Gasteiger partial charge on any atom is -0.370 e. The number of morpholine rings is 1. The Hall–Kier alpha value is -1.67. The molecule has 2 aromatic rings. The molecule has 0 N–H and O–H groups in total. The molecule has 1 aromatic heterocycles. The number of halogens is 5. The summed E-state index contributed by atoms with van der Waals surface area (Å²) in [6, 6.07) is 7.24. The summed E-state index contributed by atoms with van der Waals surface area (Å²) in [6.07, 6.45) is -0.489. The highest BCUT2D eigenvalue weighted by Crippen LogP contribution is 2.33. The summed E-state index contributed by atoms with van der Waals surface area (Å²) >= 11 is 3.38. The maximum atomic E-state index is 13.9. The zero-order valence-corrected chi connectivity index (χ0v) is 13.3. The van der Waals surface area contributed by atoms with Gasteiger partial charge in [-0.25, -0.2) is 0 Å². The van der Waals surface area contributed by atoms with E-state index in [0.717, 1.165) is 10.0 Å². The Morgan fingerprint density at radius 1 is 1.09 bits per heavy atom. The maximum Gasteiger partial charge on any atom is 0.253 e. The Balaban J connectivity index is 1.95. The van der Waals surface area contributed by atoms with Gasteiger partial charge in [0.25, 0.3) is 11.9 Å². The third-order valence-corrected chi connectivity index (χ3v) is 4.33. The average molecular weight is 391 g/mol. The second kappa shape index (κ2) is 6.45. The summed E-state index contributed by atoms with van der Waals surface area (Å²) in [6.45, 7) is 0.327. The van der Waals surface area contributed by atoms with Crippen LogP contribution in [0.4, 0.5) is 23.2 Å². The Bertz CT molecular complexity index is 717. The number of rotatable bonds is 2. The molecule has 122 valence electrons. The molecule has 0 radical (unpaired) electrons. The second-order valence-corrected chi connectivity index (χ2v) is 5.85. The van der Waals surface area contributed by atoms with Gasteiger partial charge < -0.3 is 9.64 Å². The molecule has 0 spiro atoms. The predicted molar refractivity (Wildman–Crippen MR) is 79.1 cm³/mol. The molecule has 3 rings (SSSR count). The number of nitrogens with zero attached hydrogens (tertiary/aromatic N) is 2. The van der Waals surface area contributed by atoms with Gasteiger partial charge >= 0.3 is 0 Å². The molecule has 1 aliphatic rings. The van der Waals surface area contributed by atoms with Crippen LogP contribution < -0.4 is 4.90 Å². The highest BCUT2D eigenvalue weighted by Gasteiger charge is 2.30. The van der Waals surface area contributed by atoms with Gasteiger partial charge in [-0.2, -0.15) is 22.5 Å². The Morgan fingerprint density at radius 3 is 2.39 bits per heavy atom. The summed E-state index contributed by atoms with van der Waals surface area (Å²) in [4.78, 5) is 3.80. The molecule has 1 atom stereocenters. The number of ether oxygens (including phenoxy) is 1. The van der Waals surface area contributed by atoms with Gasteiger partial charge in [-0.1, -0.05) is 34.1 Å². The topological polar surface area (TPSA) is 25.4 Å². The zero-order valence-electron chi connectivity index (χ0n) is 11.7. The van der Waals surface area contributed by atoms with Crippen LogP contribution in [-0.4, -0.2) is 24.7 Å². The van der Waals surface area contributed by atoms with Crippen LogP contribution in [0.25, 0.3) is 0 Å². The van der Waals surface area contributed by atoms with Crippen molar-refractivity contribution in [1.29, 1.82) is 0 Å². The molecule has 1 saturated heterocycles. The van der Waals surface area contributed by atoms with E-state index < -0.39 is 35.3 Å². The lowest BCUT2D eigenvalue weighted by Crippen LogP contribution is -2.40. The highest BCUT2D eigenvalue weighted by molar-refractivity contribution is 9.10. The van der Waals surface area contributed by atoms with E-state index in [1.807, 2.05) is 12.1 Å². The fourth-order valence-electron chi connectivity index (χ4n) is 2.53. The van der Waals surface area contributed by atoms with Crippen LogP contribution in [0.1, 0.15) is 11.7 Å². The van der Waals surface area contributed by atoms with Crippen LogP contribution in [0.3, 0.4) is 0 Å². The fraction of sp³-hybridized carbons (Fsp3) is 0.267. The number of pyridine rings is 1. The molecule has 8 heteroatoms. The molecule has 0 aliphatic carbocycles. The normalized spacial score (nSPS) is 18.3. The molecule has 0 saturated carbocycles. The molecule has 0 amide bonds. The van der Waals surface area contributed by atoms with Crippen LogP contribution in [0.2, 0.25) is 0 Å². The lowest BCUT2D eigenvalue weighted by Gasteiger charge is -2.35. The van der Waals surface area contributed by atoms with Gasteiger partial charge in [0.15, 0.2) is 0 Å². The molecule has 3 nitrogen and oxygen atoms in total. The van der Waals surface area contributed by atoms with Crippen molar-refractivity contribution in [2.75, 3.05) is 24.6 Å². The number of hydrogen-bond donors (Lipinski definition) is 0. The Morgan fingerprint density at radius 2 is 1.74 bits per heavy atom. The Kier molecular flexibility index (Phi) is 4.54.